The summed E-state index contributed by atoms with van der Waals surface area (Å²) >= 11 is 0. The van der Waals surface area contributed by atoms with Crippen molar-refractivity contribution in [1.82, 2.24) is 15.3 Å². The molecular weight excluding hydrogens is 414 g/mol. The number of cyclic esters (lactones) is 2. The molecule has 1 saturated carbocycles. The fraction of sp³-hybridized carbons (Fsp3) is 0.565. The highest BCUT2D eigenvalue weighted by molar-refractivity contribution is 5.79. The van der Waals surface area contributed by atoms with Crippen LogP contribution in [0.15, 0.2) is 24.4 Å². The number of pyridine rings is 2. The van der Waals surface area contributed by atoms with E-state index in [1.165, 1.54) is 0 Å². The molecular formula is C23H29N3O6. The summed E-state index contributed by atoms with van der Waals surface area (Å²) in [5.74, 6) is 0.569. The van der Waals surface area contributed by atoms with E-state index in [9.17, 15) is 9.59 Å². The summed E-state index contributed by atoms with van der Waals surface area (Å²) in [6.07, 6.45) is 2.71. The first-order valence-corrected chi connectivity index (χ1v) is 10.9. The molecule has 2 atom stereocenters. The summed E-state index contributed by atoms with van der Waals surface area (Å²) < 4.78 is 21.8. The number of rotatable bonds is 4. The summed E-state index contributed by atoms with van der Waals surface area (Å²) in [5, 5.41) is 2.94. The Balaban J connectivity index is 1.47. The maximum Gasteiger partial charge on any atom is 0.509 e. The van der Waals surface area contributed by atoms with E-state index in [0.29, 0.717) is 16.9 Å². The number of carbonyl (C=O) groups is 2. The van der Waals surface area contributed by atoms with Gasteiger partial charge in [0, 0.05) is 29.8 Å². The molecule has 1 amide bonds. The zero-order chi connectivity index (χ0) is 22.9. The SMILES string of the molecule is COc1ccc2nccc([C@@H]3OC(=O)O[C@H]3[C@H]3CC[C@H](NC(=O)OC(C)(C)C)CC3)c2n1. The third kappa shape index (κ3) is 4.87. The second-order valence-electron chi connectivity index (χ2n) is 9.25. The number of nitrogens with zero attached hydrogens (tertiary/aromatic N) is 2. The van der Waals surface area contributed by atoms with Gasteiger partial charge in [-0.15, -0.1) is 0 Å². The van der Waals surface area contributed by atoms with Crippen molar-refractivity contribution in [3.05, 3.63) is 30.0 Å². The number of nitrogens with one attached hydrogen (secondary N) is 1. The highest BCUT2D eigenvalue weighted by Crippen LogP contribution is 2.41. The second-order valence-corrected chi connectivity index (χ2v) is 9.25. The number of hydrogen-bond donors (Lipinski definition) is 1. The van der Waals surface area contributed by atoms with Gasteiger partial charge in [0.05, 0.1) is 18.1 Å². The van der Waals surface area contributed by atoms with Crippen molar-refractivity contribution in [2.45, 2.75) is 70.3 Å². The van der Waals surface area contributed by atoms with Crippen molar-refractivity contribution in [2.24, 2.45) is 5.92 Å². The lowest BCUT2D eigenvalue weighted by Gasteiger charge is -2.33. The number of alkyl carbamates (subject to hydrolysis) is 1. The van der Waals surface area contributed by atoms with E-state index < -0.39 is 30.1 Å². The van der Waals surface area contributed by atoms with Crippen LogP contribution in [0.2, 0.25) is 0 Å². The predicted molar refractivity (Wildman–Crippen MR) is 115 cm³/mol. The zero-order valence-corrected chi connectivity index (χ0v) is 18.8. The van der Waals surface area contributed by atoms with Gasteiger partial charge in [0.1, 0.15) is 11.7 Å². The molecule has 1 N–H and O–H groups in total. The Morgan fingerprint density at radius 1 is 1.12 bits per heavy atom. The molecule has 2 fully saturated rings. The molecule has 32 heavy (non-hydrogen) atoms. The fourth-order valence-electron chi connectivity index (χ4n) is 4.39. The molecule has 0 aromatic carbocycles. The highest BCUT2D eigenvalue weighted by Gasteiger charge is 2.45. The Labute approximate surface area is 186 Å². The second kappa shape index (κ2) is 8.80. The van der Waals surface area contributed by atoms with Crippen molar-refractivity contribution >= 4 is 23.3 Å². The maximum absolute atomic E-state index is 12.1. The molecule has 2 aromatic heterocycles. The van der Waals surface area contributed by atoms with Gasteiger partial charge in [-0.2, -0.15) is 0 Å². The van der Waals surface area contributed by atoms with E-state index >= 15 is 0 Å². The van der Waals surface area contributed by atoms with Crippen LogP contribution in [-0.2, 0) is 14.2 Å². The smallest absolute Gasteiger partial charge is 0.481 e. The van der Waals surface area contributed by atoms with Crippen LogP contribution in [0, 0.1) is 5.92 Å². The van der Waals surface area contributed by atoms with Crippen molar-refractivity contribution in [3.8, 4) is 5.88 Å². The third-order valence-corrected chi connectivity index (χ3v) is 5.82. The molecule has 9 nitrogen and oxygen atoms in total. The first-order chi connectivity index (χ1) is 15.2. The summed E-state index contributed by atoms with van der Waals surface area (Å²) in [4.78, 5) is 33.1. The van der Waals surface area contributed by atoms with Crippen LogP contribution < -0.4 is 10.1 Å². The van der Waals surface area contributed by atoms with Crippen LogP contribution in [0.25, 0.3) is 11.0 Å². The van der Waals surface area contributed by atoms with E-state index in [0.717, 1.165) is 31.2 Å². The summed E-state index contributed by atoms with van der Waals surface area (Å²) in [6, 6.07) is 5.41. The van der Waals surface area contributed by atoms with Gasteiger partial charge >= 0.3 is 12.2 Å². The lowest BCUT2D eigenvalue weighted by molar-refractivity contribution is 0.0436. The minimum absolute atomic E-state index is 0.0326. The molecule has 0 radical (unpaired) electrons. The number of aromatic nitrogens is 2. The third-order valence-electron chi connectivity index (χ3n) is 5.82. The Bertz CT molecular complexity index is 997. The molecule has 0 bridgehead atoms. The number of ether oxygens (including phenoxy) is 4. The Hall–Kier alpha value is -3.10. The van der Waals surface area contributed by atoms with E-state index in [4.69, 9.17) is 18.9 Å². The van der Waals surface area contributed by atoms with Gasteiger partial charge < -0.3 is 24.3 Å². The summed E-state index contributed by atoms with van der Waals surface area (Å²) in [6.45, 7) is 5.52. The number of methoxy groups -OCH3 is 1. The van der Waals surface area contributed by atoms with Crippen molar-refractivity contribution in [2.75, 3.05) is 7.11 Å². The molecule has 0 spiro atoms. The predicted octanol–water partition coefficient (Wildman–Crippen LogP) is 4.30. The molecule has 2 aromatic rings. The van der Waals surface area contributed by atoms with Crippen LogP contribution in [0.3, 0.4) is 0 Å². The van der Waals surface area contributed by atoms with Gasteiger partial charge in [0.2, 0.25) is 5.88 Å². The molecule has 3 heterocycles. The maximum atomic E-state index is 12.1. The highest BCUT2D eigenvalue weighted by atomic mass is 16.8. The van der Waals surface area contributed by atoms with Crippen molar-refractivity contribution < 1.29 is 28.5 Å². The topological polar surface area (TPSA) is 109 Å². The normalized spacial score (nSPS) is 25.7. The molecule has 1 saturated heterocycles. The van der Waals surface area contributed by atoms with Crippen LogP contribution in [-0.4, -0.2) is 47.1 Å². The average molecular weight is 444 g/mol. The van der Waals surface area contributed by atoms with Gasteiger partial charge in [-0.1, -0.05) is 0 Å². The Kier molecular flexibility index (Phi) is 6.08. The van der Waals surface area contributed by atoms with Crippen molar-refractivity contribution in [3.63, 3.8) is 0 Å². The van der Waals surface area contributed by atoms with E-state index in [1.807, 2.05) is 32.9 Å². The lowest BCUT2D eigenvalue weighted by Crippen LogP contribution is -2.42. The molecule has 172 valence electrons. The van der Waals surface area contributed by atoms with E-state index in [2.05, 4.69) is 15.3 Å². The minimum Gasteiger partial charge on any atom is -0.481 e. The first kappa shape index (κ1) is 22.1. The first-order valence-electron chi connectivity index (χ1n) is 10.9. The van der Waals surface area contributed by atoms with Gasteiger partial charge in [0.25, 0.3) is 0 Å². The van der Waals surface area contributed by atoms with E-state index in [-0.39, 0.29) is 12.0 Å². The minimum atomic E-state index is -0.679. The molecule has 4 rings (SSSR count). The Morgan fingerprint density at radius 2 is 1.88 bits per heavy atom. The lowest BCUT2D eigenvalue weighted by atomic mass is 9.80. The van der Waals surface area contributed by atoms with E-state index in [1.54, 1.807) is 19.4 Å². The van der Waals surface area contributed by atoms with Crippen molar-refractivity contribution in [1.29, 1.82) is 0 Å². The number of fused-ring (bicyclic) bond motifs is 1. The van der Waals surface area contributed by atoms with Crippen LogP contribution in [0.1, 0.15) is 58.1 Å². The van der Waals surface area contributed by atoms with Gasteiger partial charge in [-0.3, -0.25) is 4.98 Å². The standard InChI is InChI=1S/C23H29N3O6/c1-23(2,3)32-21(27)25-14-7-5-13(6-8-14)19-20(31-22(28)30-19)15-11-12-24-16-9-10-17(29-4)26-18(15)16/h9-14,19-20H,5-8H2,1-4H3,(H,25,27)/t13-,14-,19-,20-/m0/s1. The number of hydrogen-bond acceptors (Lipinski definition) is 8. The average Bonchev–Trinajstić information content (AvgIpc) is 3.13. The quantitative estimate of drug-likeness (QED) is 0.697. The molecule has 1 aliphatic carbocycles. The molecule has 1 aliphatic heterocycles. The summed E-state index contributed by atoms with van der Waals surface area (Å²) in [7, 11) is 1.55. The molecule has 2 aliphatic rings. The Morgan fingerprint density at radius 3 is 2.56 bits per heavy atom. The zero-order valence-electron chi connectivity index (χ0n) is 18.8. The molecule has 0 unspecified atom stereocenters. The fourth-order valence-corrected chi connectivity index (χ4v) is 4.39. The number of carbonyl (C=O) groups excluding carboxylic acids is 2. The summed E-state index contributed by atoms with van der Waals surface area (Å²) in [5.41, 5.74) is 1.53. The number of amides is 1. The van der Waals surface area contributed by atoms with Crippen LogP contribution in [0.4, 0.5) is 9.59 Å². The van der Waals surface area contributed by atoms with Gasteiger partial charge in [0.15, 0.2) is 6.10 Å². The molecule has 9 heteroatoms. The van der Waals surface area contributed by atoms with Gasteiger partial charge in [-0.25, -0.2) is 14.6 Å². The van der Waals surface area contributed by atoms with Crippen LogP contribution >= 0.6 is 0 Å². The van der Waals surface area contributed by atoms with Gasteiger partial charge in [-0.05, 0) is 58.6 Å². The van der Waals surface area contributed by atoms with Crippen LogP contribution in [0.5, 0.6) is 5.88 Å². The monoisotopic (exact) mass is 443 g/mol. The largest absolute Gasteiger partial charge is 0.509 e.